The van der Waals surface area contributed by atoms with Crippen molar-refractivity contribution >= 4 is 12.1 Å². The first kappa shape index (κ1) is 13.4. The average Bonchev–Trinajstić information content (AvgIpc) is 2.79. The molecule has 1 aliphatic heterocycles. The number of carboxylic acid groups (broad SMARTS) is 1. The van der Waals surface area contributed by atoms with Gasteiger partial charge in [-0.25, -0.2) is 9.59 Å². The molecular formula is C13H15NO5. The van der Waals surface area contributed by atoms with Crippen molar-refractivity contribution in [3.8, 4) is 0 Å². The van der Waals surface area contributed by atoms with Crippen LogP contribution in [0.2, 0.25) is 0 Å². The van der Waals surface area contributed by atoms with Crippen LogP contribution in [0.25, 0.3) is 0 Å². The van der Waals surface area contributed by atoms with Crippen LogP contribution in [-0.4, -0.2) is 40.9 Å². The monoisotopic (exact) mass is 265 g/mol. The van der Waals surface area contributed by atoms with Gasteiger partial charge in [0.05, 0.1) is 6.10 Å². The van der Waals surface area contributed by atoms with Crippen molar-refractivity contribution in [3.05, 3.63) is 35.9 Å². The number of ether oxygens (including phenoxy) is 2. The lowest BCUT2D eigenvalue weighted by molar-refractivity contribution is -0.142. The third kappa shape index (κ3) is 3.03. The van der Waals surface area contributed by atoms with Crippen LogP contribution in [0.3, 0.4) is 0 Å². The Labute approximate surface area is 110 Å². The number of carboxylic acids is 1. The molecule has 1 N–H and O–H groups in total. The zero-order valence-corrected chi connectivity index (χ0v) is 10.5. The van der Waals surface area contributed by atoms with Crippen molar-refractivity contribution in [2.24, 2.45) is 0 Å². The minimum absolute atomic E-state index is 0.0637. The summed E-state index contributed by atoms with van der Waals surface area (Å²) in [5.74, 6) is -1.10. The van der Waals surface area contributed by atoms with E-state index < -0.39 is 24.2 Å². The number of rotatable bonds is 3. The fraction of sp³-hybridized carbons (Fsp3) is 0.385. The van der Waals surface area contributed by atoms with E-state index in [-0.39, 0.29) is 13.3 Å². The molecular weight excluding hydrogens is 250 g/mol. The number of aliphatic carboxylic acids is 1. The Hall–Kier alpha value is -2.08. The van der Waals surface area contributed by atoms with E-state index in [0.717, 1.165) is 10.5 Å². The Morgan fingerprint density at radius 2 is 2.11 bits per heavy atom. The van der Waals surface area contributed by atoms with Crippen LogP contribution < -0.4 is 0 Å². The maximum atomic E-state index is 11.8. The first-order chi connectivity index (χ1) is 9.09. The van der Waals surface area contributed by atoms with Gasteiger partial charge in [0.15, 0.2) is 6.04 Å². The highest BCUT2D eigenvalue weighted by atomic mass is 16.6. The van der Waals surface area contributed by atoms with Gasteiger partial charge >= 0.3 is 12.1 Å². The van der Waals surface area contributed by atoms with Crippen LogP contribution in [-0.2, 0) is 20.9 Å². The molecule has 0 saturated carbocycles. The molecule has 2 rings (SSSR count). The van der Waals surface area contributed by atoms with E-state index in [0.29, 0.717) is 0 Å². The molecule has 1 amide bonds. The van der Waals surface area contributed by atoms with Crippen molar-refractivity contribution in [1.29, 1.82) is 0 Å². The molecule has 1 aliphatic rings. The predicted molar refractivity (Wildman–Crippen MR) is 65.3 cm³/mol. The number of hydrogen-bond donors (Lipinski definition) is 1. The van der Waals surface area contributed by atoms with E-state index in [1.807, 2.05) is 30.3 Å². The molecule has 19 heavy (non-hydrogen) atoms. The number of amides is 1. The SMILES string of the molecule is C[C@H]1OCN(C(=O)OCc2ccccc2)[C@@H]1C(=O)O. The molecule has 0 aliphatic carbocycles. The zero-order valence-electron chi connectivity index (χ0n) is 10.5. The van der Waals surface area contributed by atoms with E-state index in [1.165, 1.54) is 0 Å². The molecule has 1 fully saturated rings. The summed E-state index contributed by atoms with van der Waals surface area (Å²) < 4.78 is 10.2. The van der Waals surface area contributed by atoms with Gasteiger partial charge in [0.25, 0.3) is 0 Å². The zero-order chi connectivity index (χ0) is 13.8. The van der Waals surface area contributed by atoms with Crippen LogP contribution in [0.1, 0.15) is 12.5 Å². The van der Waals surface area contributed by atoms with Crippen molar-refractivity contribution in [2.45, 2.75) is 25.7 Å². The maximum Gasteiger partial charge on any atom is 0.412 e. The molecule has 1 aromatic carbocycles. The third-order valence-electron chi connectivity index (χ3n) is 2.95. The first-order valence-electron chi connectivity index (χ1n) is 5.91. The molecule has 6 heteroatoms. The minimum atomic E-state index is -1.10. The van der Waals surface area contributed by atoms with Gasteiger partial charge in [0, 0.05) is 0 Å². The highest BCUT2D eigenvalue weighted by Gasteiger charge is 2.41. The number of hydrogen-bond acceptors (Lipinski definition) is 4. The Morgan fingerprint density at radius 1 is 1.42 bits per heavy atom. The smallest absolute Gasteiger partial charge is 0.412 e. The molecule has 1 saturated heterocycles. The second kappa shape index (κ2) is 5.71. The number of carbonyl (C=O) groups is 2. The molecule has 1 heterocycles. The summed E-state index contributed by atoms with van der Waals surface area (Å²) >= 11 is 0. The second-order valence-corrected chi connectivity index (χ2v) is 4.29. The molecule has 0 bridgehead atoms. The summed E-state index contributed by atoms with van der Waals surface area (Å²) in [6, 6.07) is 8.19. The van der Waals surface area contributed by atoms with Crippen LogP contribution in [0.5, 0.6) is 0 Å². The van der Waals surface area contributed by atoms with Crippen molar-refractivity contribution in [2.75, 3.05) is 6.73 Å². The lowest BCUT2D eigenvalue weighted by Crippen LogP contribution is -2.44. The summed E-state index contributed by atoms with van der Waals surface area (Å²) in [4.78, 5) is 24.0. The van der Waals surface area contributed by atoms with Gasteiger partial charge < -0.3 is 14.6 Å². The predicted octanol–water partition coefficient (Wildman–Crippen LogP) is 1.45. The van der Waals surface area contributed by atoms with Gasteiger partial charge in [-0.3, -0.25) is 4.90 Å². The van der Waals surface area contributed by atoms with Gasteiger partial charge in [-0.15, -0.1) is 0 Å². The molecule has 6 nitrogen and oxygen atoms in total. The average molecular weight is 265 g/mol. The number of nitrogens with zero attached hydrogens (tertiary/aromatic N) is 1. The Kier molecular flexibility index (Phi) is 4.01. The lowest BCUT2D eigenvalue weighted by atomic mass is 10.2. The molecule has 0 spiro atoms. The van der Waals surface area contributed by atoms with Crippen LogP contribution >= 0.6 is 0 Å². The summed E-state index contributed by atoms with van der Waals surface area (Å²) in [7, 11) is 0. The van der Waals surface area contributed by atoms with Gasteiger partial charge in [0.2, 0.25) is 0 Å². The van der Waals surface area contributed by atoms with E-state index in [9.17, 15) is 9.59 Å². The van der Waals surface area contributed by atoms with Crippen molar-refractivity contribution < 1.29 is 24.2 Å². The lowest BCUT2D eigenvalue weighted by Gasteiger charge is -2.20. The van der Waals surface area contributed by atoms with E-state index in [2.05, 4.69) is 0 Å². The first-order valence-corrected chi connectivity index (χ1v) is 5.91. The molecule has 0 aromatic heterocycles. The Bertz CT molecular complexity index is 461. The number of benzene rings is 1. The third-order valence-corrected chi connectivity index (χ3v) is 2.95. The standard InChI is InChI=1S/C13H15NO5/c1-9-11(12(15)16)14(8-19-9)13(17)18-7-10-5-3-2-4-6-10/h2-6,9,11H,7-8H2,1H3,(H,15,16)/t9-,11+/m1/s1. The van der Waals surface area contributed by atoms with Crippen molar-refractivity contribution in [3.63, 3.8) is 0 Å². The number of carbonyl (C=O) groups excluding carboxylic acids is 1. The molecule has 2 atom stereocenters. The van der Waals surface area contributed by atoms with E-state index >= 15 is 0 Å². The summed E-state index contributed by atoms with van der Waals surface area (Å²) in [6.45, 7) is 1.66. The summed E-state index contributed by atoms with van der Waals surface area (Å²) in [5.41, 5.74) is 0.843. The molecule has 0 radical (unpaired) electrons. The largest absolute Gasteiger partial charge is 0.480 e. The summed E-state index contributed by atoms with van der Waals surface area (Å²) in [6.07, 6.45) is -1.22. The molecule has 0 unspecified atom stereocenters. The topological polar surface area (TPSA) is 76.1 Å². The summed E-state index contributed by atoms with van der Waals surface area (Å²) in [5, 5.41) is 9.06. The normalized spacial score (nSPS) is 22.3. The van der Waals surface area contributed by atoms with E-state index in [4.69, 9.17) is 14.6 Å². The highest BCUT2D eigenvalue weighted by Crippen LogP contribution is 2.18. The van der Waals surface area contributed by atoms with Crippen molar-refractivity contribution in [1.82, 2.24) is 4.90 Å². The van der Waals surface area contributed by atoms with Crippen LogP contribution in [0, 0.1) is 0 Å². The Morgan fingerprint density at radius 3 is 2.74 bits per heavy atom. The fourth-order valence-electron chi connectivity index (χ4n) is 1.93. The Balaban J connectivity index is 1.95. The fourth-order valence-corrected chi connectivity index (χ4v) is 1.93. The van der Waals surface area contributed by atoms with Gasteiger partial charge in [-0.05, 0) is 12.5 Å². The quantitative estimate of drug-likeness (QED) is 0.895. The van der Waals surface area contributed by atoms with Gasteiger partial charge in [-0.2, -0.15) is 0 Å². The van der Waals surface area contributed by atoms with E-state index in [1.54, 1.807) is 6.92 Å². The van der Waals surface area contributed by atoms with Gasteiger partial charge in [-0.1, -0.05) is 30.3 Å². The molecule has 102 valence electrons. The van der Waals surface area contributed by atoms with Crippen LogP contribution in [0.4, 0.5) is 4.79 Å². The second-order valence-electron chi connectivity index (χ2n) is 4.29. The molecule has 1 aromatic rings. The maximum absolute atomic E-state index is 11.8. The van der Waals surface area contributed by atoms with Crippen LogP contribution in [0.15, 0.2) is 30.3 Å². The van der Waals surface area contributed by atoms with Gasteiger partial charge in [0.1, 0.15) is 13.3 Å². The minimum Gasteiger partial charge on any atom is -0.480 e. The highest BCUT2D eigenvalue weighted by molar-refractivity contribution is 5.81.